The number of aromatic nitrogens is 2. The second kappa shape index (κ2) is 12.3. The second-order valence-electron chi connectivity index (χ2n) is 4.61. The normalized spacial score (nSPS) is 13.5. The highest BCUT2D eigenvalue weighted by atomic mass is 32.1. The molecule has 1 rings (SSSR count). The summed E-state index contributed by atoms with van der Waals surface area (Å²) in [7, 11) is 0. The van der Waals surface area contributed by atoms with Gasteiger partial charge in [-0.15, -0.1) is 0 Å². The van der Waals surface area contributed by atoms with Crippen LogP contribution in [0, 0.1) is 4.77 Å². The van der Waals surface area contributed by atoms with Gasteiger partial charge in [-0.05, 0) is 44.6 Å². The summed E-state index contributed by atoms with van der Waals surface area (Å²) in [5, 5.41) is 1.29. The van der Waals surface area contributed by atoms with E-state index in [4.69, 9.17) is 12.2 Å². The van der Waals surface area contributed by atoms with Crippen LogP contribution in [0.1, 0.15) is 34.6 Å². The molecule has 1 N–H and O–H groups in total. The topological polar surface area (TPSA) is 37.8 Å². The van der Waals surface area contributed by atoms with Crippen molar-refractivity contribution in [2.24, 2.45) is 0 Å². The fourth-order valence-electron chi connectivity index (χ4n) is 2.03. The standard InChI is InChI=1S/C18H22N2OS.C2H6/c1-5-9-12-14(10-6-2)13-20-17(21)15(11-7-3)16(8-4)19-18(20)22;1-2/h5-12H,3,13H2,1-2,4H3,(H,19,22);1-2H3/b9-5-,10-6-,14-12+,15-11+,16-8+;. The molecule has 4 heteroatoms. The average Bonchev–Trinajstić information content (AvgIpc) is 2.60. The third-order valence-corrected chi connectivity index (χ3v) is 3.37. The van der Waals surface area contributed by atoms with Crippen LogP contribution in [0.15, 0.2) is 53.4 Å². The van der Waals surface area contributed by atoms with Crippen LogP contribution >= 0.6 is 12.2 Å². The van der Waals surface area contributed by atoms with Gasteiger partial charge in [0.2, 0.25) is 0 Å². The average molecular weight is 345 g/mol. The largest absolute Gasteiger partial charge is 0.332 e. The minimum atomic E-state index is -0.118. The number of nitrogens with zero attached hydrogens (tertiary/aromatic N) is 1. The van der Waals surface area contributed by atoms with E-state index in [0.29, 0.717) is 16.5 Å². The first kappa shape index (κ1) is 21.8. The second-order valence-corrected chi connectivity index (χ2v) is 4.99. The molecule has 0 amide bonds. The number of allylic oxidation sites excluding steroid dienone is 7. The van der Waals surface area contributed by atoms with E-state index >= 15 is 0 Å². The third kappa shape index (κ3) is 6.13. The third-order valence-electron chi connectivity index (χ3n) is 3.05. The lowest BCUT2D eigenvalue weighted by Gasteiger charge is -2.07. The zero-order valence-corrected chi connectivity index (χ0v) is 16.1. The van der Waals surface area contributed by atoms with E-state index in [2.05, 4.69) is 11.6 Å². The first-order valence-corrected chi connectivity index (χ1v) is 8.56. The fourth-order valence-corrected chi connectivity index (χ4v) is 2.29. The Morgan fingerprint density at radius 2 is 1.92 bits per heavy atom. The molecule has 1 heterocycles. The van der Waals surface area contributed by atoms with Crippen LogP contribution in [-0.4, -0.2) is 9.55 Å². The van der Waals surface area contributed by atoms with Crippen molar-refractivity contribution in [3.63, 3.8) is 0 Å². The van der Waals surface area contributed by atoms with Crippen LogP contribution in [0.5, 0.6) is 0 Å². The quantitative estimate of drug-likeness (QED) is 0.652. The monoisotopic (exact) mass is 344 g/mol. The maximum atomic E-state index is 12.7. The number of hydrogen-bond donors (Lipinski definition) is 1. The van der Waals surface area contributed by atoms with Crippen LogP contribution in [0.2, 0.25) is 0 Å². The molecule has 0 aliphatic rings. The zero-order chi connectivity index (χ0) is 18.5. The highest BCUT2D eigenvalue weighted by molar-refractivity contribution is 7.71. The minimum Gasteiger partial charge on any atom is -0.332 e. The Labute approximate surface area is 149 Å². The molecule has 0 aliphatic carbocycles. The number of aromatic amines is 1. The van der Waals surface area contributed by atoms with Crippen molar-refractivity contribution in [3.05, 3.63) is 74.3 Å². The van der Waals surface area contributed by atoms with Crippen molar-refractivity contribution >= 4 is 24.4 Å². The highest BCUT2D eigenvalue weighted by Gasteiger charge is 2.03. The molecule has 24 heavy (non-hydrogen) atoms. The van der Waals surface area contributed by atoms with Gasteiger partial charge < -0.3 is 4.98 Å². The molecular weight excluding hydrogens is 316 g/mol. The van der Waals surface area contributed by atoms with Crippen molar-refractivity contribution in [2.45, 2.75) is 41.2 Å². The van der Waals surface area contributed by atoms with Crippen LogP contribution in [0.4, 0.5) is 0 Å². The predicted molar refractivity (Wildman–Crippen MR) is 109 cm³/mol. The van der Waals surface area contributed by atoms with Gasteiger partial charge in [0.15, 0.2) is 4.77 Å². The van der Waals surface area contributed by atoms with E-state index in [-0.39, 0.29) is 5.56 Å². The SMILES string of the molecule is C=C/C=c1/c(=O)n(CC(/C=C\C)=C/C=C\C)c(=S)[nH]/c1=C/C.CC. The Kier molecular flexibility index (Phi) is 11.1. The number of nitrogens with one attached hydrogen (secondary N) is 1. The summed E-state index contributed by atoms with van der Waals surface area (Å²) < 4.78 is 1.97. The number of hydrogen-bond acceptors (Lipinski definition) is 2. The first-order valence-electron chi connectivity index (χ1n) is 8.15. The van der Waals surface area contributed by atoms with Crippen LogP contribution in [-0.2, 0) is 6.54 Å². The van der Waals surface area contributed by atoms with Gasteiger partial charge in [0.1, 0.15) is 0 Å². The van der Waals surface area contributed by atoms with Crippen molar-refractivity contribution in [2.75, 3.05) is 0 Å². The zero-order valence-electron chi connectivity index (χ0n) is 15.3. The summed E-state index contributed by atoms with van der Waals surface area (Å²) in [6.07, 6.45) is 14.9. The van der Waals surface area contributed by atoms with Gasteiger partial charge in [-0.2, -0.15) is 0 Å². The van der Waals surface area contributed by atoms with Gasteiger partial charge in [-0.25, -0.2) is 0 Å². The maximum absolute atomic E-state index is 12.7. The maximum Gasteiger partial charge on any atom is 0.262 e. The number of rotatable bonds is 5. The van der Waals surface area contributed by atoms with Gasteiger partial charge in [0.25, 0.3) is 5.56 Å². The van der Waals surface area contributed by atoms with E-state index in [1.807, 2.05) is 71.1 Å². The smallest absolute Gasteiger partial charge is 0.262 e. The number of H-pyrrole nitrogens is 1. The van der Waals surface area contributed by atoms with Crippen molar-refractivity contribution in [1.82, 2.24) is 9.55 Å². The van der Waals surface area contributed by atoms with E-state index < -0.39 is 0 Å². The lowest BCUT2D eigenvalue weighted by Crippen LogP contribution is -2.47. The molecule has 3 nitrogen and oxygen atoms in total. The molecule has 0 atom stereocenters. The van der Waals surface area contributed by atoms with E-state index in [1.165, 1.54) is 0 Å². The molecule has 1 aromatic rings. The summed E-state index contributed by atoms with van der Waals surface area (Å²) >= 11 is 5.33. The molecule has 0 saturated heterocycles. The van der Waals surface area contributed by atoms with Crippen LogP contribution in [0.3, 0.4) is 0 Å². The molecular formula is C20H28N2OS. The molecule has 0 bridgehead atoms. The molecule has 0 saturated carbocycles. The molecule has 0 aromatic carbocycles. The summed E-state index contributed by atoms with van der Waals surface area (Å²) in [6.45, 7) is 13.8. The van der Waals surface area contributed by atoms with Gasteiger partial charge in [-0.3, -0.25) is 9.36 Å². The van der Waals surface area contributed by atoms with Crippen LogP contribution < -0.4 is 16.1 Å². The molecule has 1 aromatic heterocycles. The van der Waals surface area contributed by atoms with Gasteiger partial charge in [0.05, 0.1) is 11.8 Å². The Bertz CT molecular complexity index is 849. The molecule has 130 valence electrons. The first-order chi connectivity index (χ1) is 11.6. The summed E-state index contributed by atoms with van der Waals surface area (Å²) in [5.74, 6) is 0. The summed E-state index contributed by atoms with van der Waals surface area (Å²) in [5.41, 5.74) is 0.882. The van der Waals surface area contributed by atoms with Gasteiger partial charge in [-0.1, -0.05) is 63.0 Å². The van der Waals surface area contributed by atoms with Crippen molar-refractivity contribution in [3.8, 4) is 0 Å². The molecule has 0 aliphatic heterocycles. The molecule has 0 radical (unpaired) electrons. The molecule has 0 unspecified atom stereocenters. The van der Waals surface area contributed by atoms with Gasteiger partial charge >= 0.3 is 0 Å². The van der Waals surface area contributed by atoms with E-state index in [9.17, 15) is 4.79 Å². The molecule has 0 spiro atoms. The van der Waals surface area contributed by atoms with Crippen LogP contribution in [0.25, 0.3) is 12.2 Å². The Balaban J connectivity index is 0.00000254. The van der Waals surface area contributed by atoms with E-state index in [0.717, 1.165) is 10.9 Å². The highest BCUT2D eigenvalue weighted by Crippen LogP contribution is 2.01. The Morgan fingerprint density at radius 3 is 2.42 bits per heavy atom. The summed E-state index contributed by atoms with van der Waals surface area (Å²) in [6, 6.07) is 0. The predicted octanol–water partition coefficient (Wildman–Crippen LogP) is 3.78. The summed E-state index contributed by atoms with van der Waals surface area (Å²) in [4.78, 5) is 15.8. The minimum absolute atomic E-state index is 0.118. The van der Waals surface area contributed by atoms with Gasteiger partial charge in [0, 0.05) is 5.35 Å². The van der Waals surface area contributed by atoms with E-state index in [1.54, 1.807) is 16.7 Å². The lowest BCUT2D eigenvalue weighted by molar-refractivity contribution is 0.708. The lowest BCUT2D eigenvalue weighted by atomic mass is 10.2. The van der Waals surface area contributed by atoms with Crippen molar-refractivity contribution in [1.29, 1.82) is 0 Å². The Hall–Kier alpha value is -2.20. The molecule has 0 fully saturated rings. The Morgan fingerprint density at radius 1 is 1.25 bits per heavy atom. The van der Waals surface area contributed by atoms with Crippen molar-refractivity contribution < 1.29 is 0 Å². The fraction of sp³-hybridized carbons (Fsp3) is 0.300.